The van der Waals surface area contributed by atoms with E-state index in [4.69, 9.17) is 4.74 Å². The number of amides is 1. The predicted octanol–water partition coefficient (Wildman–Crippen LogP) is 0.669. The molecule has 1 heterocycles. The lowest BCUT2D eigenvalue weighted by Gasteiger charge is -2.25. The summed E-state index contributed by atoms with van der Waals surface area (Å²) < 4.78 is 5.08. The highest BCUT2D eigenvalue weighted by atomic mass is 16.5. The summed E-state index contributed by atoms with van der Waals surface area (Å²) in [4.78, 5) is 11.6. The van der Waals surface area contributed by atoms with Gasteiger partial charge in [-0.15, -0.1) is 0 Å². The zero-order chi connectivity index (χ0) is 12.1. The number of nitrogens with one attached hydrogen (secondary N) is 2. The minimum absolute atomic E-state index is 0.140. The number of hydrogen-bond acceptors (Lipinski definition) is 3. The first-order valence-electron chi connectivity index (χ1n) is 5.85. The second-order valence-corrected chi connectivity index (χ2v) is 4.33. The van der Waals surface area contributed by atoms with Gasteiger partial charge in [-0.05, 0) is 11.1 Å². The third-order valence-electron chi connectivity index (χ3n) is 2.92. The Bertz CT molecular complexity index is 389. The first-order chi connectivity index (χ1) is 8.29. The molecule has 4 heteroatoms. The number of benzene rings is 1. The lowest BCUT2D eigenvalue weighted by atomic mass is 10.0. The summed E-state index contributed by atoms with van der Waals surface area (Å²) in [7, 11) is 1.68. The summed E-state index contributed by atoms with van der Waals surface area (Å²) in [6.45, 7) is 2.80. The summed E-state index contributed by atoms with van der Waals surface area (Å²) >= 11 is 0. The highest BCUT2D eigenvalue weighted by Crippen LogP contribution is 2.07. The number of methoxy groups -OCH3 is 1. The Hall–Kier alpha value is -1.39. The fraction of sp³-hybridized carbons (Fsp3) is 0.462. The van der Waals surface area contributed by atoms with E-state index in [0.717, 1.165) is 24.2 Å². The SMILES string of the molecule is COCc1cccc(CNC(=O)C2CNC2)c1. The van der Waals surface area contributed by atoms with Gasteiger partial charge >= 0.3 is 0 Å². The largest absolute Gasteiger partial charge is 0.380 e. The van der Waals surface area contributed by atoms with Crippen molar-refractivity contribution in [3.63, 3.8) is 0 Å². The summed E-state index contributed by atoms with van der Waals surface area (Å²) in [6, 6.07) is 8.08. The molecule has 1 aromatic rings. The van der Waals surface area contributed by atoms with Crippen LogP contribution in [0.15, 0.2) is 24.3 Å². The van der Waals surface area contributed by atoms with E-state index >= 15 is 0 Å². The van der Waals surface area contributed by atoms with Gasteiger partial charge in [0.25, 0.3) is 0 Å². The molecule has 0 saturated carbocycles. The van der Waals surface area contributed by atoms with Gasteiger partial charge in [-0.25, -0.2) is 0 Å². The molecule has 0 bridgehead atoms. The van der Waals surface area contributed by atoms with E-state index in [1.165, 1.54) is 0 Å². The molecule has 1 aliphatic rings. The van der Waals surface area contributed by atoms with Crippen LogP contribution < -0.4 is 10.6 Å². The maximum absolute atomic E-state index is 11.6. The van der Waals surface area contributed by atoms with Crippen molar-refractivity contribution in [2.24, 2.45) is 5.92 Å². The topological polar surface area (TPSA) is 50.4 Å². The number of ether oxygens (including phenoxy) is 1. The van der Waals surface area contributed by atoms with Crippen molar-refractivity contribution in [3.8, 4) is 0 Å². The van der Waals surface area contributed by atoms with E-state index < -0.39 is 0 Å². The van der Waals surface area contributed by atoms with E-state index in [0.29, 0.717) is 13.2 Å². The number of carbonyl (C=O) groups is 1. The lowest BCUT2D eigenvalue weighted by Crippen LogP contribution is -2.50. The molecule has 2 N–H and O–H groups in total. The van der Waals surface area contributed by atoms with Crippen molar-refractivity contribution in [2.75, 3.05) is 20.2 Å². The Morgan fingerprint density at radius 3 is 2.88 bits per heavy atom. The molecule has 0 radical (unpaired) electrons. The van der Waals surface area contributed by atoms with Crippen LogP contribution in [-0.4, -0.2) is 26.1 Å². The molecule has 0 atom stereocenters. The van der Waals surface area contributed by atoms with E-state index in [2.05, 4.69) is 16.7 Å². The molecule has 92 valence electrons. The smallest absolute Gasteiger partial charge is 0.225 e. The van der Waals surface area contributed by atoms with Gasteiger partial charge < -0.3 is 15.4 Å². The maximum Gasteiger partial charge on any atom is 0.225 e. The van der Waals surface area contributed by atoms with Crippen molar-refractivity contribution in [1.82, 2.24) is 10.6 Å². The fourth-order valence-electron chi connectivity index (χ4n) is 1.80. The molecule has 2 rings (SSSR count). The molecular formula is C13H18N2O2. The molecule has 1 amide bonds. The van der Waals surface area contributed by atoms with Gasteiger partial charge in [0.1, 0.15) is 0 Å². The summed E-state index contributed by atoms with van der Waals surface area (Å²) in [5.74, 6) is 0.290. The average molecular weight is 234 g/mol. The Morgan fingerprint density at radius 2 is 2.24 bits per heavy atom. The van der Waals surface area contributed by atoms with Crippen LogP contribution >= 0.6 is 0 Å². The number of rotatable bonds is 5. The Balaban J connectivity index is 1.85. The number of carbonyl (C=O) groups excluding carboxylic acids is 1. The van der Waals surface area contributed by atoms with Crippen LogP contribution in [0.2, 0.25) is 0 Å². The Kier molecular flexibility index (Phi) is 4.12. The van der Waals surface area contributed by atoms with Crippen LogP contribution in [0.4, 0.5) is 0 Å². The normalized spacial score (nSPS) is 15.4. The fourth-order valence-corrected chi connectivity index (χ4v) is 1.80. The molecule has 4 nitrogen and oxygen atoms in total. The third kappa shape index (κ3) is 3.28. The van der Waals surface area contributed by atoms with Crippen molar-refractivity contribution in [2.45, 2.75) is 13.2 Å². The Labute approximate surface area is 101 Å². The first kappa shape index (κ1) is 12.1. The van der Waals surface area contributed by atoms with E-state index in [1.54, 1.807) is 7.11 Å². The zero-order valence-corrected chi connectivity index (χ0v) is 10.0. The number of hydrogen-bond donors (Lipinski definition) is 2. The van der Waals surface area contributed by atoms with E-state index in [-0.39, 0.29) is 11.8 Å². The molecule has 1 aliphatic heterocycles. The van der Waals surface area contributed by atoms with Gasteiger partial charge in [-0.2, -0.15) is 0 Å². The highest BCUT2D eigenvalue weighted by molar-refractivity contribution is 5.79. The van der Waals surface area contributed by atoms with E-state index in [1.807, 2.05) is 18.2 Å². The molecule has 1 saturated heterocycles. The van der Waals surface area contributed by atoms with Crippen LogP contribution in [-0.2, 0) is 22.7 Å². The standard InChI is InChI=1S/C13H18N2O2/c1-17-9-11-4-2-3-10(5-11)6-15-13(16)12-7-14-8-12/h2-5,12,14H,6-9H2,1H3,(H,15,16). The van der Waals surface area contributed by atoms with Crippen LogP contribution in [0.25, 0.3) is 0 Å². The molecule has 0 unspecified atom stereocenters. The molecule has 1 fully saturated rings. The molecule has 0 spiro atoms. The van der Waals surface area contributed by atoms with Crippen molar-refractivity contribution >= 4 is 5.91 Å². The average Bonchev–Trinajstić information content (AvgIpc) is 2.25. The second-order valence-electron chi connectivity index (χ2n) is 4.33. The van der Waals surface area contributed by atoms with Crippen molar-refractivity contribution in [1.29, 1.82) is 0 Å². The molecule has 17 heavy (non-hydrogen) atoms. The van der Waals surface area contributed by atoms with Gasteiger partial charge in [0.05, 0.1) is 12.5 Å². The third-order valence-corrected chi connectivity index (χ3v) is 2.92. The lowest BCUT2D eigenvalue weighted by molar-refractivity contribution is -0.126. The van der Waals surface area contributed by atoms with Gasteiger partial charge in [0.15, 0.2) is 0 Å². The highest BCUT2D eigenvalue weighted by Gasteiger charge is 2.24. The molecule has 1 aromatic carbocycles. The van der Waals surface area contributed by atoms with Gasteiger partial charge in [0, 0.05) is 26.7 Å². The summed E-state index contributed by atoms with van der Waals surface area (Å²) in [6.07, 6.45) is 0. The monoisotopic (exact) mass is 234 g/mol. The van der Waals surface area contributed by atoms with Crippen LogP contribution in [0.1, 0.15) is 11.1 Å². The molecule has 0 aromatic heterocycles. The quantitative estimate of drug-likeness (QED) is 0.787. The van der Waals surface area contributed by atoms with Gasteiger partial charge in [-0.3, -0.25) is 4.79 Å². The maximum atomic E-state index is 11.6. The Morgan fingerprint density at radius 1 is 1.47 bits per heavy atom. The summed E-state index contributed by atoms with van der Waals surface area (Å²) in [5, 5.41) is 6.04. The van der Waals surface area contributed by atoms with Crippen LogP contribution in [0.5, 0.6) is 0 Å². The molecule has 0 aliphatic carbocycles. The van der Waals surface area contributed by atoms with Gasteiger partial charge in [0.2, 0.25) is 5.91 Å². The first-order valence-corrected chi connectivity index (χ1v) is 5.85. The second kappa shape index (κ2) is 5.80. The van der Waals surface area contributed by atoms with Crippen LogP contribution in [0, 0.1) is 5.92 Å². The minimum atomic E-state index is 0.140. The summed E-state index contributed by atoms with van der Waals surface area (Å²) in [5.41, 5.74) is 2.24. The van der Waals surface area contributed by atoms with Gasteiger partial charge in [-0.1, -0.05) is 24.3 Å². The minimum Gasteiger partial charge on any atom is -0.380 e. The zero-order valence-electron chi connectivity index (χ0n) is 10.0. The molecular weight excluding hydrogens is 216 g/mol. The van der Waals surface area contributed by atoms with Crippen molar-refractivity contribution < 1.29 is 9.53 Å². The van der Waals surface area contributed by atoms with E-state index in [9.17, 15) is 4.79 Å². The van der Waals surface area contributed by atoms with Crippen molar-refractivity contribution in [3.05, 3.63) is 35.4 Å². The van der Waals surface area contributed by atoms with Crippen LogP contribution in [0.3, 0.4) is 0 Å². The predicted molar refractivity (Wildman–Crippen MR) is 65.4 cm³/mol.